The molecule has 3 heteroatoms. The Bertz CT molecular complexity index is 208. The Morgan fingerprint density at radius 2 is 2.45 bits per heavy atom. The largest absolute Gasteiger partial charge is 0.381 e. The van der Waals surface area contributed by atoms with Crippen LogP contribution in [0.4, 0.5) is 0 Å². The molecule has 1 aromatic heterocycles. The lowest BCUT2D eigenvalue weighted by Crippen LogP contribution is -2.03. The van der Waals surface area contributed by atoms with Crippen LogP contribution >= 0.6 is 0 Å². The molecule has 0 aromatic carbocycles. The Morgan fingerprint density at radius 1 is 1.64 bits per heavy atom. The van der Waals surface area contributed by atoms with Crippen molar-refractivity contribution in [3.8, 4) is 0 Å². The number of nitrogens with zero attached hydrogens (tertiary/aromatic N) is 2. The molecule has 0 unspecified atom stereocenters. The van der Waals surface area contributed by atoms with Crippen molar-refractivity contribution < 1.29 is 4.74 Å². The van der Waals surface area contributed by atoms with Crippen LogP contribution in [0.25, 0.3) is 0 Å². The molecule has 0 amide bonds. The predicted molar refractivity (Wildman–Crippen MR) is 43.4 cm³/mol. The zero-order valence-corrected chi connectivity index (χ0v) is 7.08. The average Bonchev–Trinajstić information content (AvgIpc) is 2.37. The summed E-state index contributed by atoms with van der Waals surface area (Å²) < 4.78 is 7.22. The Balaban J connectivity index is 2.32. The highest BCUT2D eigenvalue weighted by Crippen LogP contribution is 1.95. The first kappa shape index (κ1) is 8.27. The van der Waals surface area contributed by atoms with Gasteiger partial charge in [-0.05, 0) is 6.92 Å². The van der Waals surface area contributed by atoms with Gasteiger partial charge < -0.3 is 9.30 Å². The molecule has 0 aliphatic rings. The lowest BCUT2D eigenvalue weighted by atomic mass is 10.4. The summed E-state index contributed by atoms with van der Waals surface area (Å²) in [6.07, 6.45) is 4.65. The fraction of sp³-hybridized carbons (Fsp3) is 0.625. The zero-order valence-electron chi connectivity index (χ0n) is 7.08. The van der Waals surface area contributed by atoms with Crippen molar-refractivity contribution in [2.45, 2.75) is 13.3 Å². The van der Waals surface area contributed by atoms with E-state index in [9.17, 15) is 0 Å². The standard InChI is InChI=1S/C8H14N2O/c1-3-11-7-4-8-9-5-6-10(8)2/h5-6H,3-4,7H2,1-2H3. The van der Waals surface area contributed by atoms with E-state index >= 15 is 0 Å². The highest BCUT2D eigenvalue weighted by Gasteiger charge is 1.96. The maximum Gasteiger partial charge on any atom is 0.110 e. The van der Waals surface area contributed by atoms with E-state index in [1.165, 1.54) is 0 Å². The number of rotatable bonds is 4. The lowest BCUT2D eigenvalue weighted by molar-refractivity contribution is 0.149. The molecule has 0 aliphatic heterocycles. The van der Waals surface area contributed by atoms with Crippen LogP contribution < -0.4 is 0 Å². The van der Waals surface area contributed by atoms with Gasteiger partial charge in [-0.1, -0.05) is 0 Å². The van der Waals surface area contributed by atoms with Crippen molar-refractivity contribution in [2.75, 3.05) is 13.2 Å². The summed E-state index contributed by atoms with van der Waals surface area (Å²) in [6.45, 7) is 3.55. The minimum Gasteiger partial charge on any atom is -0.381 e. The van der Waals surface area contributed by atoms with Crippen LogP contribution in [-0.2, 0) is 18.2 Å². The van der Waals surface area contributed by atoms with Gasteiger partial charge in [0.2, 0.25) is 0 Å². The highest BCUT2D eigenvalue weighted by molar-refractivity contribution is 4.90. The molecule has 0 aliphatic carbocycles. The van der Waals surface area contributed by atoms with E-state index in [1.807, 2.05) is 24.7 Å². The molecule has 62 valence electrons. The smallest absolute Gasteiger partial charge is 0.110 e. The van der Waals surface area contributed by atoms with E-state index in [1.54, 1.807) is 6.20 Å². The second-order valence-corrected chi connectivity index (χ2v) is 2.40. The topological polar surface area (TPSA) is 27.1 Å². The Morgan fingerprint density at radius 3 is 3.00 bits per heavy atom. The van der Waals surface area contributed by atoms with Gasteiger partial charge in [-0.2, -0.15) is 0 Å². The van der Waals surface area contributed by atoms with Crippen molar-refractivity contribution in [3.05, 3.63) is 18.2 Å². The van der Waals surface area contributed by atoms with Gasteiger partial charge >= 0.3 is 0 Å². The molecule has 1 heterocycles. The van der Waals surface area contributed by atoms with Crippen LogP contribution in [-0.4, -0.2) is 22.8 Å². The molecule has 3 nitrogen and oxygen atoms in total. The number of aromatic nitrogens is 2. The summed E-state index contributed by atoms with van der Waals surface area (Å²) in [4.78, 5) is 4.17. The third-order valence-corrected chi connectivity index (χ3v) is 1.60. The van der Waals surface area contributed by atoms with Gasteiger partial charge in [-0.3, -0.25) is 0 Å². The monoisotopic (exact) mass is 154 g/mol. The Labute approximate surface area is 67.0 Å². The highest BCUT2D eigenvalue weighted by atomic mass is 16.5. The number of hydrogen-bond acceptors (Lipinski definition) is 2. The van der Waals surface area contributed by atoms with Crippen LogP contribution in [0, 0.1) is 0 Å². The third kappa shape index (κ3) is 2.35. The molecule has 0 radical (unpaired) electrons. The van der Waals surface area contributed by atoms with Crippen molar-refractivity contribution in [3.63, 3.8) is 0 Å². The Kier molecular flexibility index (Phi) is 3.11. The Hall–Kier alpha value is -0.830. The maximum absolute atomic E-state index is 5.21. The van der Waals surface area contributed by atoms with Crippen LogP contribution in [0.15, 0.2) is 12.4 Å². The summed E-state index contributed by atoms with van der Waals surface area (Å²) in [5.74, 6) is 1.08. The van der Waals surface area contributed by atoms with Gasteiger partial charge in [0, 0.05) is 32.5 Å². The normalized spacial score (nSPS) is 10.4. The second kappa shape index (κ2) is 4.13. The fourth-order valence-corrected chi connectivity index (χ4v) is 0.945. The van der Waals surface area contributed by atoms with Gasteiger partial charge in [-0.15, -0.1) is 0 Å². The van der Waals surface area contributed by atoms with Crippen molar-refractivity contribution in [2.24, 2.45) is 7.05 Å². The molecule has 0 bridgehead atoms. The van der Waals surface area contributed by atoms with E-state index < -0.39 is 0 Å². The average molecular weight is 154 g/mol. The fourth-order valence-electron chi connectivity index (χ4n) is 0.945. The molecule has 11 heavy (non-hydrogen) atoms. The lowest BCUT2D eigenvalue weighted by Gasteiger charge is -2.00. The minimum absolute atomic E-state index is 0.765. The summed E-state index contributed by atoms with van der Waals surface area (Å²) >= 11 is 0. The van der Waals surface area contributed by atoms with Gasteiger partial charge in [0.1, 0.15) is 5.82 Å². The number of hydrogen-bond donors (Lipinski definition) is 0. The molecule has 0 N–H and O–H groups in total. The number of imidazole rings is 1. The van der Waals surface area contributed by atoms with Gasteiger partial charge in [0.25, 0.3) is 0 Å². The molecule has 0 fully saturated rings. The SMILES string of the molecule is CCOCCc1nccn1C. The molecule has 0 spiro atoms. The van der Waals surface area contributed by atoms with Crippen LogP contribution in [0.3, 0.4) is 0 Å². The van der Waals surface area contributed by atoms with Gasteiger partial charge in [0.15, 0.2) is 0 Å². The maximum atomic E-state index is 5.21. The molecule has 0 saturated heterocycles. The van der Waals surface area contributed by atoms with Gasteiger partial charge in [0.05, 0.1) is 6.61 Å². The zero-order chi connectivity index (χ0) is 8.10. The van der Waals surface area contributed by atoms with E-state index in [-0.39, 0.29) is 0 Å². The van der Waals surface area contributed by atoms with Crippen molar-refractivity contribution in [1.29, 1.82) is 0 Å². The van der Waals surface area contributed by atoms with Crippen LogP contribution in [0.5, 0.6) is 0 Å². The van der Waals surface area contributed by atoms with E-state index in [2.05, 4.69) is 4.98 Å². The van der Waals surface area contributed by atoms with Crippen molar-refractivity contribution in [1.82, 2.24) is 9.55 Å². The van der Waals surface area contributed by atoms with E-state index in [4.69, 9.17) is 4.74 Å². The molecule has 0 atom stereocenters. The molecule has 0 saturated carbocycles. The van der Waals surface area contributed by atoms with E-state index in [0.717, 1.165) is 25.5 Å². The first-order valence-electron chi connectivity index (χ1n) is 3.88. The summed E-state index contributed by atoms with van der Waals surface area (Å²) in [7, 11) is 1.99. The van der Waals surface area contributed by atoms with Crippen LogP contribution in [0.1, 0.15) is 12.7 Å². The number of aryl methyl sites for hydroxylation is 1. The molecule has 1 aromatic rings. The van der Waals surface area contributed by atoms with Crippen LogP contribution in [0.2, 0.25) is 0 Å². The predicted octanol–water partition coefficient (Wildman–Crippen LogP) is 0.999. The summed E-state index contributed by atoms with van der Waals surface area (Å²) in [6, 6.07) is 0. The molecule has 1 rings (SSSR count). The number of ether oxygens (including phenoxy) is 1. The van der Waals surface area contributed by atoms with Crippen molar-refractivity contribution >= 4 is 0 Å². The van der Waals surface area contributed by atoms with E-state index in [0.29, 0.717) is 0 Å². The summed E-state index contributed by atoms with van der Waals surface area (Å²) in [5, 5.41) is 0. The first-order valence-corrected chi connectivity index (χ1v) is 3.88. The second-order valence-electron chi connectivity index (χ2n) is 2.40. The minimum atomic E-state index is 0.765. The summed E-state index contributed by atoms with van der Waals surface area (Å²) in [5.41, 5.74) is 0. The molecular formula is C8H14N2O. The van der Waals surface area contributed by atoms with Gasteiger partial charge in [-0.25, -0.2) is 4.98 Å². The first-order chi connectivity index (χ1) is 5.34. The third-order valence-electron chi connectivity index (χ3n) is 1.60. The molecular weight excluding hydrogens is 140 g/mol. The quantitative estimate of drug-likeness (QED) is 0.605.